The van der Waals surface area contributed by atoms with E-state index in [0.717, 1.165) is 12.2 Å². The maximum absolute atomic E-state index is 11.3. The minimum absolute atomic E-state index is 0.0854. The zero-order valence-corrected chi connectivity index (χ0v) is 10.5. The van der Waals surface area contributed by atoms with Crippen LogP contribution in [0.15, 0.2) is 24.3 Å². The van der Waals surface area contributed by atoms with Crippen LogP contribution in [-0.2, 0) is 11.2 Å². The van der Waals surface area contributed by atoms with Gasteiger partial charge in [0.25, 0.3) is 0 Å². The monoisotopic (exact) mass is 236 g/mol. The first kappa shape index (κ1) is 13.5. The van der Waals surface area contributed by atoms with Gasteiger partial charge in [-0.2, -0.15) is 0 Å². The van der Waals surface area contributed by atoms with Crippen molar-refractivity contribution in [3.05, 3.63) is 29.8 Å². The summed E-state index contributed by atoms with van der Waals surface area (Å²) in [6.07, 6.45) is 1.34. The summed E-state index contributed by atoms with van der Waals surface area (Å²) in [5.41, 5.74) is 1.17. The highest BCUT2D eigenvalue weighted by atomic mass is 16.5. The number of ether oxygens (including phenoxy) is 1. The fraction of sp³-hybridized carbons (Fsp3) is 0.462. The molecule has 94 valence electrons. The van der Waals surface area contributed by atoms with Crippen LogP contribution in [0, 0.1) is 0 Å². The van der Waals surface area contributed by atoms with Gasteiger partial charge in [-0.1, -0.05) is 12.1 Å². The Kier molecular flexibility index (Phi) is 6.10. The highest BCUT2D eigenvalue weighted by molar-refractivity contribution is 5.76. The van der Waals surface area contributed by atoms with Crippen molar-refractivity contribution >= 4 is 5.91 Å². The molecule has 0 saturated carbocycles. The molecule has 1 aromatic rings. The van der Waals surface area contributed by atoms with Crippen LogP contribution in [0.1, 0.15) is 12.0 Å². The van der Waals surface area contributed by atoms with Crippen molar-refractivity contribution in [1.82, 2.24) is 10.6 Å². The first-order valence-corrected chi connectivity index (χ1v) is 5.80. The van der Waals surface area contributed by atoms with Crippen LogP contribution in [0.5, 0.6) is 5.75 Å². The van der Waals surface area contributed by atoms with E-state index in [0.29, 0.717) is 19.5 Å². The van der Waals surface area contributed by atoms with Gasteiger partial charge < -0.3 is 15.4 Å². The lowest BCUT2D eigenvalue weighted by Gasteiger charge is -2.06. The maximum atomic E-state index is 11.3. The number of amides is 1. The molecule has 0 aliphatic carbocycles. The molecule has 0 radical (unpaired) electrons. The molecule has 1 rings (SSSR count). The Morgan fingerprint density at radius 3 is 2.88 bits per heavy atom. The van der Waals surface area contributed by atoms with E-state index in [-0.39, 0.29) is 5.91 Å². The lowest BCUT2D eigenvalue weighted by molar-refractivity contribution is -0.120. The molecule has 0 bridgehead atoms. The van der Waals surface area contributed by atoms with E-state index in [1.54, 1.807) is 7.11 Å². The Morgan fingerprint density at radius 1 is 1.35 bits per heavy atom. The maximum Gasteiger partial charge on any atom is 0.221 e. The molecule has 2 N–H and O–H groups in total. The van der Waals surface area contributed by atoms with Gasteiger partial charge in [0.15, 0.2) is 0 Å². The van der Waals surface area contributed by atoms with Gasteiger partial charge >= 0.3 is 0 Å². The quantitative estimate of drug-likeness (QED) is 0.741. The summed E-state index contributed by atoms with van der Waals surface area (Å²) in [5.74, 6) is 0.936. The molecule has 0 aromatic heterocycles. The molecule has 0 aliphatic rings. The second-order valence-corrected chi connectivity index (χ2v) is 3.81. The fourth-order valence-corrected chi connectivity index (χ4v) is 1.50. The highest BCUT2D eigenvalue weighted by Crippen LogP contribution is 2.12. The highest BCUT2D eigenvalue weighted by Gasteiger charge is 2.00. The molecule has 1 aromatic carbocycles. The fourth-order valence-electron chi connectivity index (χ4n) is 1.50. The van der Waals surface area contributed by atoms with E-state index in [1.807, 2.05) is 31.3 Å². The smallest absolute Gasteiger partial charge is 0.221 e. The minimum atomic E-state index is 0.0854. The molecule has 0 heterocycles. The Morgan fingerprint density at radius 2 is 2.18 bits per heavy atom. The zero-order chi connectivity index (χ0) is 12.5. The summed E-state index contributed by atoms with van der Waals surface area (Å²) in [7, 11) is 3.49. The third-order valence-corrected chi connectivity index (χ3v) is 2.47. The normalized spacial score (nSPS) is 10.0. The van der Waals surface area contributed by atoms with Crippen molar-refractivity contribution in [2.75, 3.05) is 27.2 Å². The van der Waals surface area contributed by atoms with Gasteiger partial charge in [-0.25, -0.2) is 0 Å². The van der Waals surface area contributed by atoms with E-state index in [2.05, 4.69) is 10.6 Å². The molecule has 17 heavy (non-hydrogen) atoms. The van der Waals surface area contributed by atoms with Crippen LogP contribution in [0.25, 0.3) is 0 Å². The van der Waals surface area contributed by atoms with Gasteiger partial charge in [-0.15, -0.1) is 0 Å². The van der Waals surface area contributed by atoms with Crippen molar-refractivity contribution in [1.29, 1.82) is 0 Å². The second kappa shape index (κ2) is 7.68. The lowest BCUT2D eigenvalue weighted by Crippen LogP contribution is -2.28. The van der Waals surface area contributed by atoms with Gasteiger partial charge in [0.2, 0.25) is 5.91 Å². The summed E-state index contributed by atoms with van der Waals surface area (Å²) in [5, 5.41) is 5.83. The van der Waals surface area contributed by atoms with Gasteiger partial charge in [-0.05, 0) is 31.2 Å². The summed E-state index contributed by atoms with van der Waals surface area (Å²) in [6.45, 7) is 1.38. The predicted octanol–water partition coefficient (Wildman–Crippen LogP) is 0.963. The van der Waals surface area contributed by atoms with Crippen LogP contribution in [0.4, 0.5) is 0 Å². The van der Waals surface area contributed by atoms with E-state index < -0.39 is 0 Å². The number of hydrogen-bond acceptors (Lipinski definition) is 3. The largest absolute Gasteiger partial charge is 0.497 e. The molecule has 4 nitrogen and oxygen atoms in total. The summed E-state index contributed by atoms with van der Waals surface area (Å²) in [6, 6.07) is 7.88. The van der Waals surface area contributed by atoms with E-state index in [9.17, 15) is 4.79 Å². The Hall–Kier alpha value is -1.55. The number of methoxy groups -OCH3 is 1. The molecule has 1 amide bonds. The predicted molar refractivity (Wildman–Crippen MR) is 68.3 cm³/mol. The number of carbonyl (C=O) groups is 1. The minimum Gasteiger partial charge on any atom is -0.497 e. The van der Waals surface area contributed by atoms with Crippen molar-refractivity contribution in [2.45, 2.75) is 12.8 Å². The SMILES string of the molecule is CNCCC(=O)NCCc1cccc(OC)c1. The van der Waals surface area contributed by atoms with Gasteiger partial charge in [-0.3, -0.25) is 4.79 Å². The third kappa shape index (κ3) is 5.36. The van der Waals surface area contributed by atoms with Gasteiger partial charge in [0.1, 0.15) is 5.75 Å². The summed E-state index contributed by atoms with van der Waals surface area (Å²) >= 11 is 0. The van der Waals surface area contributed by atoms with Gasteiger partial charge in [0.05, 0.1) is 7.11 Å². The van der Waals surface area contributed by atoms with Crippen molar-refractivity contribution in [2.24, 2.45) is 0 Å². The van der Waals surface area contributed by atoms with Gasteiger partial charge in [0, 0.05) is 19.5 Å². The molecule has 0 saturated heterocycles. The molecule has 0 atom stereocenters. The first-order chi connectivity index (χ1) is 8.26. The van der Waals surface area contributed by atoms with Crippen LogP contribution in [0.2, 0.25) is 0 Å². The Labute approximate surface area is 102 Å². The van der Waals surface area contributed by atoms with Crippen molar-refractivity contribution in [3.8, 4) is 5.75 Å². The molecule has 0 spiro atoms. The number of rotatable bonds is 7. The Bertz CT molecular complexity index is 353. The van der Waals surface area contributed by atoms with E-state index in [4.69, 9.17) is 4.74 Å². The zero-order valence-electron chi connectivity index (χ0n) is 10.5. The molecular formula is C13H20N2O2. The standard InChI is InChI=1S/C13H20N2O2/c1-14-8-7-13(16)15-9-6-11-4-3-5-12(10-11)17-2/h3-5,10,14H,6-9H2,1-2H3,(H,15,16). The topological polar surface area (TPSA) is 50.4 Å². The molecule has 0 aliphatic heterocycles. The number of carbonyl (C=O) groups excluding carboxylic acids is 1. The molecule has 0 fully saturated rings. The van der Waals surface area contributed by atoms with Crippen molar-refractivity contribution in [3.63, 3.8) is 0 Å². The van der Waals surface area contributed by atoms with Crippen LogP contribution in [0.3, 0.4) is 0 Å². The van der Waals surface area contributed by atoms with Crippen LogP contribution < -0.4 is 15.4 Å². The van der Waals surface area contributed by atoms with E-state index in [1.165, 1.54) is 5.56 Å². The van der Waals surface area contributed by atoms with E-state index >= 15 is 0 Å². The summed E-state index contributed by atoms with van der Waals surface area (Å²) < 4.78 is 5.14. The van der Waals surface area contributed by atoms with Crippen molar-refractivity contribution < 1.29 is 9.53 Å². The average molecular weight is 236 g/mol. The number of hydrogen-bond donors (Lipinski definition) is 2. The Balaban J connectivity index is 2.28. The van der Waals surface area contributed by atoms with Crippen LogP contribution in [-0.4, -0.2) is 33.2 Å². The third-order valence-electron chi connectivity index (χ3n) is 2.47. The lowest BCUT2D eigenvalue weighted by atomic mass is 10.1. The number of benzene rings is 1. The molecule has 0 unspecified atom stereocenters. The number of nitrogens with one attached hydrogen (secondary N) is 2. The average Bonchev–Trinajstić information content (AvgIpc) is 2.36. The second-order valence-electron chi connectivity index (χ2n) is 3.81. The molecular weight excluding hydrogens is 216 g/mol. The van der Waals surface area contributed by atoms with Crippen LogP contribution >= 0.6 is 0 Å². The summed E-state index contributed by atoms with van der Waals surface area (Å²) in [4.78, 5) is 11.3. The first-order valence-electron chi connectivity index (χ1n) is 5.80. The molecule has 4 heteroatoms.